The molecule has 0 fully saturated rings. The van der Waals surface area contributed by atoms with Gasteiger partial charge in [-0.25, -0.2) is 13.6 Å². The summed E-state index contributed by atoms with van der Waals surface area (Å²) in [6.45, 7) is 2.05. The Balaban J connectivity index is 1.73. The van der Waals surface area contributed by atoms with Crippen LogP contribution in [0.3, 0.4) is 0 Å². The van der Waals surface area contributed by atoms with E-state index in [1.807, 2.05) is 24.3 Å². The number of carbonyl (C=O) groups excluding carboxylic acids is 2. The van der Waals surface area contributed by atoms with Crippen LogP contribution < -0.4 is 4.90 Å². The number of para-hydroxylation sites is 1. The summed E-state index contributed by atoms with van der Waals surface area (Å²) in [5.74, 6) is -3.77. The number of fused-ring (bicyclic) bond motifs is 1. The summed E-state index contributed by atoms with van der Waals surface area (Å²) in [5, 5.41) is 0.0594. The number of hydrogen-bond donors (Lipinski definition) is 0. The van der Waals surface area contributed by atoms with Crippen molar-refractivity contribution in [3.63, 3.8) is 0 Å². The van der Waals surface area contributed by atoms with E-state index in [-0.39, 0.29) is 10.6 Å². The second-order valence-corrected chi connectivity index (χ2v) is 7.94. The van der Waals surface area contributed by atoms with Crippen LogP contribution in [-0.4, -0.2) is 30.3 Å². The SMILES string of the molecule is C[C@@H]1CCN(C(=O)COC(=O)c2cc(F)c(F)cc2Cl)c2ccccc2S1. The van der Waals surface area contributed by atoms with Crippen molar-refractivity contribution in [3.05, 3.63) is 58.6 Å². The van der Waals surface area contributed by atoms with Gasteiger partial charge in [-0.2, -0.15) is 0 Å². The van der Waals surface area contributed by atoms with E-state index in [1.54, 1.807) is 16.7 Å². The summed E-state index contributed by atoms with van der Waals surface area (Å²) in [5.41, 5.74) is 0.433. The molecule has 0 aromatic heterocycles. The average Bonchev–Trinajstić information content (AvgIpc) is 2.80. The number of rotatable bonds is 3. The van der Waals surface area contributed by atoms with Gasteiger partial charge in [0, 0.05) is 16.7 Å². The van der Waals surface area contributed by atoms with E-state index < -0.39 is 30.1 Å². The molecule has 1 heterocycles. The summed E-state index contributed by atoms with van der Waals surface area (Å²) in [4.78, 5) is 27.3. The maximum atomic E-state index is 13.3. The Kier molecular flexibility index (Phi) is 6.01. The van der Waals surface area contributed by atoms with Crippen LogP contribution in [0.4, 0.5) is 14.5 Å². The van der Waals surface area contributed by atoms with Crippen molar-refractivity contribution in [2.45, 2.75) is 23.5 Å². The van der Waals surface area contributed by atoms with Crippen LogP contribution in [0.1, 0.15) is 23.7 Å². The summed E-state index contributed by atoms with van der Waals surface area (Å²) < 4.78 is 31.4. The highest BCUT2D eigenvalue weighted by molar-refractivity contribution is 8.00. The molecule has 1 aliphatic heterocycles. The van der Waals surface area contributed by atoms with Gasteiger partial charge < -0.3 is 9.64 Å². The molecular weight excluding hydrogens is 396 g/mol. The second-order valence-electron chi connectivity index (χ2n) is 6.05. The minimum atomic E-state index is -1.22. The van der Waals surface area contributed by atoms with Crippen LogP contribution in [0, 0.1) is 11.6 Å². The van der Waals surface area contributed by atoms with Crippen molar-refractivity contribution in [3.8, 4) is 0 Å². The molecule has 0 bridgehead atoms. The quantitative estimate of drug-likeness (QED) is 0.543. The van der Waals surface area contributed by atoms with E-state index >= 15 is 0 Å². The number of esters is 1. The molecule has 2 aromatic rings. The van der Waals surface area contributed by atoms with Crippen LogP contribution in [-0.2, 0) is 9.53 Å². The molecule has 0 aliphatic carbocycles. The number of benzene rings is 2. The Morgan fingerprint density at radius 1 is 1.26 bits per heavy atom. The number of nitrogens with zero attached hydrogens (tertiary/aromatic N) is 1. The van der Waals surface area contributed by atoms with Crippen molar-refractivity contribution < 1.29 is 23.1 Å². The Bertz CT molecular complexity index is 893. The van der Waals surface area contributed by atoms with Gasteiger partial charge in [0.2, 0.25) is 0 Å². The number of anilines is 1. The van der Waals surface area contributed by atoms with Gasteiger partial charge in [-0.1, -0.05) is 30.7 Å². The Labute approximate surface area is 164 Å². The lowest BCUT2D eigenvalue weighted by molar-refractivity contribution is -0.121. The second kappa shape index (κ2) is 8.27. The predicted molar refractivity (Wildman–Crippen MR) is 100 cm³/mol. The van der Waals surface area contributed by atoms with Crippen molar-refractivity contribution in [2.75, 3.05) is 18.1 Å². The summed E-state index contributed by atoms with van der Waals surface area (Å²) in [7, 11) is 0. The predicted octanol–water partition coefficient (Wildman–Crippen LogP) is 4.69. The molecule has 0 N–H and O–H groups in total. The zero-order valence-electron chi connectivity index (χ0n) is 14.4. The van der Waals surface area contributed by atoms with E-state index in [4.69, 9.17) is 16.3 Å². The van der Waals surface area contributed by atoms with Crippen LogP contribution in [0.15, 0.2) is 41.3 Å². The van der Waals surface area contributed by atoms with Gasteiger partial charge in [0.25, 0.3) is 5.91 Å². The van der Waals surface area contributed by atoms with Gasteiger partial charge in [0.15, 0.2) is 18.2 Å². The van der Waals surface area contributed by atoms with E-state index in [0.29, 0.717) is 23.9 Å². The molecular formula is C19H16ClF2NO3S. The lowest BCUT2D eigenvalue weighted by Gasteiger charge is -2.22. The van der Waals surface area contributed by atoms with E-state index in [1.165, 1.54) is 0 Å². The Morgan fingerprint density at radius 2 is 1.96 bits per heavy atom. The molecule has 142 valence electrons. The fourth-order valence-electron chi connectivity index (χ4n) is 2.71. The molecule has 0 radical (unpaired) electrons. The molecule has 27 heavy (non-hydrogen) atoms. The fraction of sp³-hybridized carbons (Fsp3) is 0.263. The molecule has 0 spiro atoms. The first-order valence-corrected chi connectivity index (χ1v) is 9.50. The Hall–Kier alpha value is -2.12. The third kappa shape index (κ3) is 4.42. The molecule has 0 saturated carbocycles. The molecule has 3 rings (SSSR count). The molecule has 2 aromatic carbocycles. The van der Waals surface area contributed by atoms with E-state index in [0.717, 1.165) is 17.0 Å². The standard InChI is InChI=1S/C19H16ClF2NO3S/c1-11-6-7-23(16-4-2-3-5-17(16)27-11)18(24)10-26-19(25)12-8-14(21)15(22)9-13(12)20/h2-5,8-9,11H,6-7,10H2,1H3/t11-/m1/s1. The first-order valence-electron chi connectivity index (χ1n) is 8.24. The van der Waals surface area contributed by atoms with E-state index in [9.17, 15) is 18.4 Å². The maximum Gasteiger partial charge on any atom is 0.340 e. The smallest absolute Gasteiger partial charge is 0.340 e. The third-order valence-electron chi connectivity index (χ3n) is 4.10. The summed E-state index contributed by atoms with van der Waals surface area (Å²) in [6, 6.07) is 8.87. The fourth-order valence-corrected chi connectivity index (χ4v) is 4.05. The zero-order chi connectivity index (χ0) is 19.6. The van der Waals surface area contributed by atoms with Gasteiger partial charge in [0.05, 0.1) is 16.3 Å². The monoisotopic (exact) mass is 411 g/mol. The lowest BCUT2D eigenvalue weighted by Crippen LogP contribution is -2.35. The highest BCUT2D eigenvalue weighted by Gasteiger charge is 2.25. The molecule has 1 amide bonds. The highest BCUT2D eigenvalue weighted by Crippen LogP contribution is 2.37. The molecule has 0 unspecified atom stereocenters. The zero-order valence-corrected chi connectivity index (χ0v) is 15.9. The molecule has 0 saturated heterocycles. The lowest BCUT2D eigenvalue weighted by atomic mass is 10.2. The van der Waals surface area contributed by atoms with Gasteiger partial charge >= 0.3 is 5.97 Å². The summed E-state index contributed by atoms with van der Waals surface area (Å²) >= 11 is 7.44. The topological polar surface area (TPSA) is 46.6 Å². The first-order chi connectivity index (χ1) is 12.9. The largest absolute Gasteiger partial charge is 0.452 e. The van der Waals surface area contributed by atoms with Crippen LogP contribution in [0.25, 0.3) is 0 Å². The Morgan fingerprint density at radius 3 is 2.74 bits per heavy atom. The molecule has 1 atom stereocenters. The van der Waals surface area contributed by atoms with Gasteiger partial charge in [-0.05, 0) is 30.7 Å². The minimum absolute atomic E-state index is 0.281. The minimum Gasteiger partial charge on any atom is -0.452 e. The van der Waals surface area contributed by atoms with Crippen molar-refractivity contribution in [2.24, 2.45) is 0 Å². The highest BCUT2D eigenvalue weighted by atomic mass is 35.5. The average molecular weight is 412 g/mol. The van der Waals surface area contributed by atoms with E-state index in [2.05, 4.69) is 6.92 Å². The number of halogens is 3. The van der Waals surface area contributed by atoms with Crippen molar-refractivity contribution in [1.29, 1.82) is 0 Å². The third-order valence-corrected chi connectivity index (χ3v) is 5.65. The summed E-state index contributed by atoms with van der Waals surface area (Å²) in [6.07, 6.45) is 0.786. The van der Waals surface area contributed by atoms with Gasteiger partial charge in [-0.3, -0.25) is 4.79 Å². The normalized spacial score (nSPS) is 16.4. The van der Waals surface area contributed by atoms with Crippen molar-refractivity contribution in [1.82, 2.24) is 0 Å². The molecule has 1 aliphatic rings. The number of ether oxygens (including phenoxy) is 1. The van der Waals surface area contributed by atoms with Crippen LogP contribution in [0.2, 0.25) is 5.02 Å². The number of carbonyl (C=O) groups is 2. The molecule has 8 heteroatoms. The maximum absolute atomic E-state index is 13.3. The van der Waals surface area contributed by atoms with Crippen LogP contribution >= 0.6 is 23.4 Å². The van der Waals surface area contributed by atoms with Crippen molar-refractivity contribution >= 4 is 40.9 Å². The van der Waals surface area contributed by atoms with Crippen LogP contribution in [0.5, 0.6) is 0 Å². The van der Waals surface area contributed by atoms with Gasteiger partial charge in [-0.15, -0.1) is 11.8 Å². The molecule has 4 nitrogen and oxygen atoms in total. The van der Waals surface area contributed by atoms with Gasteiger partial charge in [0.1, 0.15) is 0 Å². The number of amides is 1. The number of thioether (sulfide) groups is 1. The number of hydrogen-bond acceptors (Lipinski definition) is 4. The first kappa shape index (κ1) is 19.6.